The first-order valence-corrected chi connectivity index (χ1v) is 7.77. The lowest BCUT2D eigenvalue weighted by atomic mass is 10.2. The first-order valence-electron chi connectivity index (χ1n) is 7.77. The van der Waals surface area contributed by atoms with Crippen molar-refractivity contribution in [3.8, 4) is 0 Å². The number of benzene rings is 1. The molecule has 0 unspecified atom stereocenters. The predicted octanol–water partition coefficient (Wildman–Crippen LogP) is 1.94. The largest absolute Gasteiger partial charge is 0.394 e. The summed E-state index contributed by atoms with van der Waals surface area (Å²) in [5.41, 5.74) is 0.866. The monoisotopic (exact) mass is 325 g/mol. The number of carbonyl (C=O) groups is 1. The highest BCUT2D eigenvalue weighted by atomic mass is 19.1. The molecule has 2 rings (SSSR count). The zero-order valence-electron chi connectivity index (χ0n) is 13.7. The van der Waals surface area contributed by atoms with Crippen molar-refractivity contribution in [3.05, 3.63) is 24.0 Å². The molecule has 1 aromatic rings. The molecule has 1 saturated heterocycles. The second-order valence-electron chi connectivity index (χ2n) is 6.01. The van der Waals surface area contributed by atoms with Gasteiger partial charge in [-0.15, -0.1) is 0 Å². The maximum atomic E-state index is 14.4. The predicted molar refractivity (Wildman–Crippen MR) is 87.3 cm³/mol. The Balaban J connectivity index is 2.04. The first kappa shape index (κ1) is 17.5. The third-order valence-corrected chi connectivity index (χ3v) is 3.62. The minimum Gasteiger partial charge on any atom is -0.394 e. The summed E-state index contributed by atoms with van der Waals surface area (Å²) in [6.45, 7) is 6.69. The maximum absolute atomic E-state index is 14.4. The molecule has 23 heavy (non-hydrogen) atoms. The van der Waals surface area contributed by atoms with E-state index in [9.17, 15) is 9.18 Å². The smallest absolute Gasteiger partial charge is 0.319 e. The number of anilines is 2. The molecule has 0 saturated carbocycles. The number of ether oxygens (including phenoxy) is 1. The maximum Gasteiger partial charge on any atom is 0.319 e. The Labute approximate surface area is 135 Å². The average Bonchev–Trinajstić information content (AvgIpc) is 2.45. The van der Waals surface area contributed by atoms with Crippen LogP contribution in [0.2, 0.25) is 0 Å². The van der Waals surface area contributed by atoms with Crippen LogP contribution in [0, 0.1) is 5.82 Å². The Hall–Kier alpha value is -1.86. The number of rotatable bonds is 4. The number of hydrogen-bond acceptors (Lipinski definition) is 4. The number of amides is 2. The van der Waals surface area contributed by atoms with Crippen LogP contribution in [0.1, 0.15) is 20.8 Å². The molecule has 0 spiro atoms. The minimum absolute atomic E-state index is 0.0432. The summed E-state index contributed by atoms with van der Waals surface area (Å²) in [6, 6.07) is 3.77. The van der Waals surface area contributed by atoms with E-state index in [4.69, 9.17) is 9.84 Å². The second-order valence-corrected chi connectivity index (χ2v) is 6.01. The molecular weight excluding hydrogens is 301 g/mol. The van der Waals surface area contributed by atoms with Gasteiger partial charge in [-0.3, -0.25) is 0 Å². The number of nitrogens with zero attached hydrogens (tertiary/aromatic N) is 1. The van der Waals surface area contributed by atoms with Crippen LogP contribution in [-0.2, 0) is 4.74 Å². The van der Waals surface area contributed by atoms with Gasteiger partial charge in [0.05, 0.1) is 30.5 Å². The number of morpholine rings is 1. The molecule has 0 aliphatic carbocycles. The van der Waals surface area contributed by atoms with Crippen LogP contribution in [-0.4, -0.2) is 49.1 Å². The Morgan fingerprint density at radius 2 is 2.09 bits per heavy atom. The van der Waals surface area contributed by atoms with Gasteiger partial charge in [-0.05, 0) is 39.0 Å². The van der Waals surface area contributed by atoms with Crippen LogP contribution in [0.5, 0.6) is 0 Å². The van der Waals surface area contributed by atoms with Crippen molar-refractivity contribution in [1.82, 2.24) is 5.32 Å². The number of hydrogen-bond donors (Lipinski definition) is 3. The van der Waals surface area contributed by atoms with E-state index in [0.29, 0.717) is 24.5 Å². The van der Waals surface area contributed by atoms with Gasteiger partial charge in [0.25, 0.3) is 0 Å². The van der Waals surface area contributed by atoms with E-state index in [1.54, 1.807) is 19.1 Å². The van der Waals surface area contributed by atoms with Crippen molar-refractivity contribution in [3.63, 3.8) is 0 Å². The molecule has 6 nitrogen and oxygen atoms in total. The fraction of sp³-hybridized carbons (Fsp3) is 0.562. The topological polar surface area (TPSA) is 73.8 Å². The molecule has 1 aromatic carbocycles. The molecule has 1 aliphatic rings. The SMILES string of the molecule is C[C@H](CO)NC(=O)Nc1ccc(N2C[C@H](C)O[C@@H](C)C2)c(F)c1. The molecule has 0 bridgehead atoms. The van der Waals surface area contributed by atoms with E-state index in [-0.39, 0.29) is 30.7 Å². The molecular formula is C16H24FN3O3. The Kier molecular flexibility index (Phi) is 5.79. The van der Waals surface area contributed by atoms with Gasteiger partial charge in [0, 0.05) is 18.8 Å². The van der Waals surface area contributed by atoms with Gasteiger partial charge in [-0.2, -0.15) is 0 Å². The summed E-state index contributed by atoms with van der Waals surface area (Å²) in [4.78, 5) is 13.6. The first-order chi connectivity index (χ1) is 10.9. The van der Waals surface area contributed by atoms with E-state index in [1.165, 1.54) is 6.07 Å². The molecule has 128 valence electrons. The fourth-order valence-electron chi connectivity index (χ4n) is 2.65. The lowest BCUT2D eigenvalue weighted by Crippen LogP contribution is -2.45. The van der Waals surface area contributed by atoms with Crippen LogP contribution in [0.3, 0.4) is 0 Å². The molecule has 0 radical (unpaired) electrons. The summed E-state index contributed by atoms with van der Waals surface area (Å²) in [7, 11) is 0. The van der Waals surface area contributed by atoms with Crippen LogP contribution >= 0.6 is 0 Å². The Morgan fingerprint density at radius 1 is 1.43 bits per heavy atom. The van der Waals surface area contributed by atoms with Crippen molar-refractivity contribution in [2.75, 3.05) is 29.9 Å². The lowest BCUT2D eigenvalue weighted by Gasteiger charge is -2.37. The quantitative estimate of drug-likeness (QED) is 0.791. The van der Waals surface area contributed by atoms with Gasteiger partial charge in [0.2, 0.25) is 0 Å². The highest BCUT2D eigenvalue weighted by Gasteiger charge is 2.24. The highest BCUT2D eigenvalue weighted by Crippen LogP contribution is 2.26. The lowest BCUT2D eigenvalue weighted by molar-refractivity contribution is -0.00539. The van der Waals surface area contributed by atoms with E-state index in [0.717, 1.165) is 0 Å². The molecule has 1 fully saturated rings. The van der Waals surface area contributed by atoms with Crippen molar-refractivity contribution in [2.24, 2.45) is 0 Å². The number of aliphatic hydroxyl groups is 1. The van der Waals surface area contributed by atoms with Crippen molar-refractivity contribution >= 4 is 17.4 Å². The van der Waals surface area contributed by atoms with Gasteiger partial charge in [-0.1, -0.05) is 0 Å². The third-order valence-electron chi connectivity index (χ3n) is 3.62. The summed E-state index contributed by atoms with van der Waals surface area (Å²) in [6.07, 6.45) is 0.0865. The molecule has 1 aliphatic heterocycles. The molecule has 3 atom stereocenters. The minimum atomic E-state index is -0.479. The van der Waals surface area contributed by atoms with Gasteiger partial charge >= 0.3 is 6.03 Å². The zero-order valence-corrected chi connectivity index (χ0v) is 13.7. The number of urea groups is 1. The summed E-state index contributed by atoms with van der Waals surface area (Å²) < 4.78 is 20.0. The number of carbonyl (C=O) groups excluding carboxylic acids is 1. The molecule has 7 heteroatoms. The summed E-state index contributed by atoms with van der Waals surface area (Å²) in [5, 5.41) is 14.0. The molecule has 3 N–H and O–H groups in total. The van der Waals surface area contributed by atoms with E-state index >= 15 is 0 Å². The van der Waals surface area contributed by atoms with Crippen molar-refractivity contribution in [1.29, 1.82) is 0 Å². The fourth-order valence-corrected chi connectivity index (χ4v) is 2.65. The van der Waals surface area contributed by atoms with Crippen LogP contribution in [0.4, 0.5) is 20.6 Å². The number of nitrogens with one attached hydrogen (secondary N) is 2. The van der Waals surface area contributed by atoms with Crippen LogP contribution in [0.25, 0.3) is 0 Å². The zero-order chi connectivity index (χ0) is 17.0. The average molecular weight is 325 g/mol. The van der Waals surface area contributed by atoms with Crippen molar-refractivity contribution in [2.45, 2.75) is 39.0 Å². The third kappa shape index (κ3) is 4.80. The second kappa shape index (κ2) is 7.61. The Bertz CT molecular complexity index is 545. The van der Waals surface area contributed by atoms with E-state index in [1.807, 2.05) is 18.7 Å². The normalized spacial score (nSPS) is 22.6. The van der Waals surface area contributed by atoms with Gasteiger partial charge in [-0.25, -0.2) is 9.18 Å². The van der Waals surface area contributed by atoms with Gasteiger partial charge in [0.15, 0.2) is 0 Å². The number of halogens is 1. The standard InChI is InChI=1S/C16H24FN3O3/c1-10(9-21)18-16(22)19-13-4-5-15(14(17)6-13)20-7-11(2)23-12(3)8-20/h4-6,10-12,21H,7-9H2,1-3H3,(H2,18,19,22)/t10-,11+,12+/m1/s1. The van der Waals surface area contributed by atoms with Crippen LogP contribution < -0.4 is 15.5 Å². The molecule has 1 heterocycles. The van der Waals surface area contributed by atoms with Gasteiger partial charge in [0.1, 0.15) is 5.82 Å². The van der Waals surface area contributed by atoms with E-state index < -0.39 is 6.03 Å². The van der Waals surface area contributed by atoms with E-state index in [2.05, 4.69) is 10.6 Å². The summed E-state index contributed by atoms with van der Waals surface area (Å²) in [5.74, 6) is -0.390. The Morgan fingerprint density at radius 3 is 2.65 bits per heavy atom. The molecule has 0 aromatic heterocycles. The van der Waals surface area contributed by atoms with Crippen LogP contribution in [0.15, 0.2) is 18.2 Å². The summed E-state index contributed by atoms with van der Waals surface area (Å²) >= 11 is 0. The highest BCUT2D eigenvalue weighted by molar-refractivity contribution is 5.89. The van der Waals surface area contributed by atoms with Crippen molar-refractivity contribution < 1.29 is 19.0 Å². The van der Waals surface area contributed by atoms with Gasteiger partial charge < -0.3 is 25.4 Å². The molecule has 2 amide bonds. The number of aliphatic hydroxyl groups excluding tert-OH is 1.